The van der Waals surface area contributed by atoms with Crippen LogP contribution in [0.2, 0.25) is 5.02 Å². The Labute approximate surface area is 116 Å². The van der Waals surface area contributed by atoms with E-state index in [1.54, 1.807) is 0 Å². The number of rotatable bonds is 2. The molecule has 1 aromatic rings. The smallest absolute Gasteiger partial charge is 0.244 e. The predicted molar refractivity (Wildman–Crippen MR) is 71.2 cm³/mol. The summed E-state index contributed by atoms with van der Waals surface area (Å²) in [6.07, 6.45) is 3.77. The highest BCUT2D eigenvalue weighted by Gasteiger charge is 2.40. The average molecular weight is 281 g/mol. The molecule has 0 unspecified atom stereocenters. The van der Waals surface area contributed by atoms with Gasteiger partial charge in [-0.2, -0.15) is 5.26 Å². The Morgan fingerprint density at radius 1 is 1.37 bits per heavy atom. The highest BCUT2D eigenvalue weighted by molar-refractivity contribution is 6.30. The summed E-state index contributed by atoms with van der Waals surface area (Å²) in [5.74, 6) is -0.988. The SMILES string of the molecule is N#CC1(C(=O)Nc2cc(Cl)ccc2F)CCCCC1. The van der Waals surface area contributed by atoms with E-state index in [4.69, 9.17) is 11.6 Å². The number of carbonyl (C=O) groups excluding carboxylic acids is 1. The van der Waals surface area contributed by atoms with Crippen molar-refractivity contribution in [3.63, 3.8) is 0 Å². The summed E-state index contributed by atoms with van der Waals surface area (Å²) >= 11 is 5.77. The van der Waals surface area contributed by atoms with Crippen LogP contribution >= 0.6 is 11.6 Å². The van der Waals surface area contributed by atoms with Gasteiger partial charge in [0.1, 0.15) is 11.2 Å². The first-order chi connectivity index (χ1) is 9.07. The van der Waals surface area contributed by atoms with Crippen LogP contribution in [0.4, 0.5) is 10.1 Å². The van der Waals surface area contributed by atoms with Crippen molar-refractivity contribution in [3.05, 3.63) is 29.0 Å². The molecule has 100 valence electrons. The number of nitrogens with one attached hydrogen (secondary N) is 1. The molecule has 0 spiro atoms. The molecule has 1 saturated carbocycles. The fraction of sp³-hybridized carbons (Fsp3) is 0.429. The van der Waals surface area contributed by atoms with Gasteiger partial charge in [0.2, 0.25) is 5.91 Å². The van der Waals surface area contributed by atoms with Crippen LogP contribution in [0.1, 0.15) is 32.1 Å². The van der Waals surface area contributed by atoms with Crippen molar-refractivity contribution in [3.8, 4) is 6.07 Å². The molecule has 0 atom stereocenters. The van der Waals surface area contributed by atoms with Gasteiger partial charge in [0.25, 0.3) is 0 Å². The lowest BCUT2D eigenvalue weighted by molar-refractivity contribution is -0.124. The summed E-state index contributed by atoms with van der Waals surface area (Å²) in [6.45, 7) is 0. The minimum Gasteiger partial charge on any atom is -0.322 e. The van der Waals surface area contributed by atoms with Crippen LogP contribution in [0.3, 0.4) is 0 Å². The van der Waals surface area contributed by atoms with Crippen molar-refractivity contribution in [1.29, 1.82) is 5.26 Å². The monoisotopic (exact) mass is 280 g/mol. The van der Waals surface area contributed by atoms with Crippen molar-refractivity contribution < 1.29 is 9.18 Å². The molecule has 1 fully saturated rings. The van der Waals surface area contributed by atoms with Gasteiger partial charge >= 0.3 is 0 Å². The summed E-state index contributed by atoms with van der Waals surface area (Å²) in [4.78, 5) is 12.2. The number of hydrogen-bond acceptors (Lipinski definition) is 2. The summed E-state index contributed by atoms with van der Waals surface area (Å²) < 4.78 is 13.6. The van der Waals surface area contributed by atoms with Crippen LogP contribution in [-0.2, 0) is 4.79 Å². The molecule has 0 aliphatic heterocycles. The second-order valence-electron chi connectivity index (χ2n) is 4.83. The van der Waals surface area contributed by atoms with Gasteiger partial charge in [-0.25, -0.2) is 4.39 Å². The van der Waals surface area contributed by atoms with Gasteiger partial charge in [0.15, 0.2) is 0 Å². The van der Waals surface area contributed by atoms with Crippen molar-refractivity contribution in [2.75, 3.05) is 5.32 Å². The van der Waals surface area contributed by atoms with Gasteiger partial charge in [-0.15, -0.1) is 0 Å². The lowest BCUT2D eigenvalue weighted by atomic mass is 9.74. The summed E-state index contributed by atoms with van der Waals surface area (Å²) in [5, 5.41) is 12.1. The molecule has 1 amide bonds. The van der Waals surface area contributed by atoms with Crippen molar-refractivity contribution >= 4 is 23.2 Å². The first-order valence-electron chi connectivity index (χ1n) is 6.25. The molecule has 2 rings (SSSR count). The topological polar surface area (TPSA) is 52.9 Å². The summed E-state index contributed by atoms with van der Waals surface area (Å²) in [7, 11) is 0. The molecule has 0 aromatic heterocycles. The van der Waals surface area contributed by atoms with Gasteiger partial charge in [-0.1, -0.05) is 30.9 Å². The third kappa shape index (κ3) is 2.87. The van der Waals surface area contributed by atoms with Crippen LogP contribution in [0.5, 0.6) is 0 Å². The van der Waals surface area contributed by atoms with E-state index in [1.807, 2.05) is 0 Å². The maximum absolute atomic E-state index is 13.6. The van der Waals surface area contributed by atoms with Crippen molar-refractivity contribution in [1.82, 2.24) is 0 Å². The number of nitriles is 1. The van der Waals surface area contributed by atoms with E-state index in [1.165, 1.54) is 18.2 Å². The van der Waals surface area contributed by atoms with Crippen molar-refractivity contribution in [2.24, 2.45) is 5.41 Å². The van der Waals surface area contributed by atoms with E-state index in [9.17, 15) is 14.4 Å². The second-order valence-corrected chi connectivity index (χ2v) is 5.27. The minimum absolute atomic E-state index is 0.0256. The molecule has 19 heavy (non-hydrogen) atoms. The summed E-state index contributed by atoms with van der Waals surface area (Å²) in [5.41, 5.74) is -1.01. The maximum atomic E-state index is 13.6. The fourth-order valence-electron chi connectivity index (χ4n) is 2.38. The van der Waals surface area contributed by atoms with E-state index in [2.05, 4.69) is 11.4 Å². The molecule has 1 aliphatic carbocycles. The molecule has 0 saturated heterocycles. The van der Waals surface area contributed by atoms with E-state index < -0.39 is 17.1 Å². The largest absolute Gasteiger partial charge is 0.322 e. The van der Waals surface area contributed by atoms with Crippen LogP contribution in [0.25, 0.3) is 0 Å². The van der Waals surface area contributed by atoms with Crippen LogP contribution in [0, 0.1) is 22.6 Å². The van der Waals surface area contributed by atoms with Gasteiger partial charge in [0.05, 0.1) is 11.8 Å². The highest BCUT2D eigenvalue weighted by Crippen LogP contribution is 2.37. The Morgan fingerprint density at radius 3 is 2.68 bits per heavy atom. The number of carbonyl (C=O) groups is 1. The third-order valence-electron chi connectivity index (χ3n) is 3.53. The molecule has 0 radical (unpaired) electrons. The van der Waals surface area contributed by atoms with Crippen LogP contribution < -0.4 is 5.32 Å². The zero-order valence-electron chi connectivity index (χ0n) is 10.4. The third-order valence-corrected chi connectivity index (χ3v) is 3.77. The molecule has 1 aliphatic rings. The zero-order valence-corrected chi connectivity index (χ0v) is 11.1. The van der Waals surface area contributed by atoms with Crippen LogP contribution in [0.15, 0.2) is 18.2 Å². The molecule has 0 heterocycles. The quantitative estimate of drug-likeness (QED) is 0.893. The number of amides is 1. The minimum atomic E-state index is -1.03. The standard InChI is InChI=1S/C14H14ClFN2O/c15-10-4-5-11(16)12(8-10)18-13(19)14(9-17)6-2-1-3-7-14/h4-5,8H,1-3,6-7H2,(H,18,19). The van der Waals surface area contributed by atoms with E-state index >= 15 is 0 Å². The number of nitrogens with zero attached hydrogens (tertiary/aromatic N) is 1. The Bertz CT molecular complexity index is 533. The van der Waals surface area contributed by atoms with Gasteiger partial charge in [-0.05, 0) is 31.0 Å². The Balaban J connectivity index is 2.20. The van der Waals surface area contributed by atoms with E-state index in [0.29, 0.717) is 17.9 Å². The Kier molecular flexibility index (Phi) is 4.06. The molecule has 5 heteroatoms. The molecule has 1 N–H and O–H groups in total. The first kappa shape index (κ1) is 13.8. The number of hydrogen-bond donors (Lipinski definition) is 1. The predicted octanol–water partition coefficient (Wildman–Crippen LogP) is 3.89. The van der Waals surface area contributed by atoms with Gasteiger partial charge in [0, 0.05) is 5.02 Å². The first-order valence-corrected chi connectivity index (χ1v) is 6.63. The lowest BCUT2D eigenvalue weighted by Gasteiger charge is -2.29. The number of anilines is 1. The highest BCUT2D eigenvalue weighted by atomic mass is 35.5. The van der Waals surface area contributed by atoms with E-state index in [0.717, 1.165) is 19.3 Å². The number of benzene rings is 1. The Hall–Kier alpha value is -1.60. The summed E-state index contributed by atoms with van der Waals surface area (Å²) in [6, 6.07) is 6.06. The fourth-order valence-corrected chi connectivity index (χ4v) is 2.55. The molecule has 1 aromatic carbocycles. The lowest BCUT2D eigenvalue weighted by Crippen LogP contribution is -2.37. The molecule has 3 nitrogen and oxygen atoms in total. The van der Waals surface area contributed by atoms with E-state index in [-0.39, 0.29) is 5.69 Å². The average Bonchev–Trinajstić information content (AvgIpc) is 2.43. The Morgan fingerprint density at radius 2 is 2.05 bits per heavy atom. The molecule has 0 bridgehead atoms. The number of halogens is 2. The zero-order chi connectivity index (χ0) is 13.9. The molecular weight excluding hydrogens is 267 g/mol. The molecular formula is C14H14ClFN2O. The van der Waals surface area contributed by atoms with Gasteiger partial charge < -0.3 is 5.32 Å². The van der Waals surface area contributed by atoms with Gasteiger partial charge in [-0.3, -0.25) is 4.79 Å². The van der Waals surface area contributed by atoms with Crippen molar-refractivity contribution in [2.45, 2.75) is 32.1 Å². The maximum Gasteiger partial charge on any atom is 0.244 e. The normalized spacial score (nSPS) is 17.5. The van der Waals surface area contributed by atoms with Crippen LogP contribution in [-0.4, -0.2) is 5.91 Å². The second kappa shape index (κ2) is 5.58.